The van der Waals surface area contributed by atoms with Gasteiger partial charge in [-0.05, 0) is 55.5 Å². The van der Waals surface area contributed by atoms with Crippen LogP contribution in [0.5, 0.6) is 0 Å². The van der Waals surface area contributed by atoms with Crippen LogP contribution in [0.25, 0.3) is 76.5 Å². The maximum atomic E-state index is 9.26. The lowest BCUT2D eigenvalue weighted by atomic mass is 9.85. The summed E-state index contributed by atoms with van der Waals surface area (Å²) in [5, 5.41) is -3.32. The number of hydrogen-bond donors (Lipinski definition) is 0. The van der Waals surface area contributed by atoms with Gasteiger partial charge in [0.15, 0.2) is 0 Å². The van der Waals surface area contributed by atoms with E-state index in [2.05, 4.69) is 0 Å². The van der Waals surface area contributed by atoms with Crippen LogP contribution in [0.4, 0.5) is 0 Å². The first-order chi connectivity index (χ1) is 27.1. The van der Waals surface area contributed by atoms with E-state index in [9.17, 15) is 4.11 Å². The number of benzene rings is 7. The fraction of sp³-hybridized carbons (Fsp3) is 0. The summed E-state index contributed by atoms with van der Waals surface area (Å²) in [6.07, 6.45) is 0. The summed E-state index contributed by atoms with van der Waals surface area (Å²) in [4.78, 5) is 0. The first-order valence-electron chi connectivity index (χ1n) is 21.5. The second kappa shape index (κ2) is 7.81. The highest BCUT2D eigenvalue weighted by atomic mass is 16.3. The van der Waals surface area contributed by atoms with Crippen molar-refractivity contribution in [1.29, 1.82) is 0 Å². The van der Waals surface area contributed by atoms with Crippen molar-refractivity contribution in [3.05, 3.63) is 133 Å². The highest BCUT2D eigenvalue weighted by Gasteiger charge is 2.20. The Labute approximate surface area is 243 Å². The summed E-state index contributed by atoms with van der Waals surface area (Å²) in [5.41, 5.74) is -3.05. The van der Waals surface area contributed by atoms with E-state index in [0.29, 0.717) is 0 Å². The Hall–Kier alpha value is -4.88. The van der Waals surface area contributed by atoms with E-state index < -0.39 is 182 Å². The fourth-order valence-corrected chi connectivity index (χ4v) is 4.63. The van der Waals surface area contributed by atoms with Gasteiger partial charge in [-0.25, -0.2) is 0 Å². The lowest BCUT2D eigenvalue weighted by Gasteiger charge is -2.17. The van der Waals surface area contributed by atoms with Gasteiger partial charge in [0.1, 0.15) is 11.2 Å². The van der Waals surface area contributed by atoms with Gasteiger partial charge in [0.2, 0.25) is 0 Å². The largest absolute Gasteiger partial charge is 0.455 e. The van der Waals surface area contributed by atoms with Crippen molar-refractivity contribution >= 4 is 54.3 Å². The van der Waals surface area contributed by atoms with Crippen LogP contribution in [0.3, 0.4) is 0 Å². The first kappa shape index (κ1) is 8.61. The average Bonchev–Trinajstić information content (AvgIpc) is 3.58. The smallest absolute Gasteiger partial charge is 0.143 e. The standard InChI is InChI=1S/C36H22O/c1-2-11-23(12-3-1)34-26-15-6-8-17-28(26)35(29-18-9-7-16-27(29)34)31-20-10-19-30-32-21-24-13-4-5-14-25(24)22-33(32)37-36(30)31/h1-22H/i1D,2D,3D,4D,5D,6D,7D,8D,9D,10D,11D,12D,13D,14D,15D,16D,17D,18D,20D,21D,22D. The zero-order valence-electron chi connectivity index (χ0n) is 39.5. The molecule has 0 atom stereocenters. The Morgan fingerprint density at radius 2 is 1.03 bits per heavy atom. The van der Waals surface area contributed by atoms with E-state index in [4.69, 9.17) is 29.1 Å². The van der Waals surface area contributed by atoms with Crippen molar-refractivity contribution in [3.8, 4) is 22.3 Å². The van der Waals surface area contributed by atoms with E-state index in [1.54, 1.807) is 0 Å². The third-order valence-electron chi connectivity index (χ3n) is 6.14. The highest BCUT2D eigenvalue weighted by Crippen LogP contribution is 2.46. The van der Waals surface area contributed by atoms with Crippen molar-refractivity contribution in [1.82, 2.24) is 0 Å². The van der Waals surface area contributed by atoms with Crippen LogP contribution in [0.2, 0.25) is 0 Å². The number of para-hydroxylation sites is 1. The summed E-state index contributed by atoms with van der Waals surface area (Å²) < 4.78 is 190. The zero-order chi connectivity index (χ0) is 42.6. The van der Waals surface area contributed by atoms with Gasteiger partial charge in [0.25, 0.3) is 0 Å². The van der Waals surface area contributed by atoms with Crippen molar-refractivity contribution in [3.63, 3.8) is 0 Å². The summed E-state index contributed by atoms with van der Waals surface area (Å²) in [5.74, 6) is 0. The quantitative estimate of drug-likeness (QED) is 0.219. The molecule has 7 aromatic carbocycles. The maximum Gasteiger partial charge on any atom is 0.143 e. The molecular weight excluding hydrogens is 448 g/mol. The highest BCUT2D eigenvalue weighted by molar-refractivity contribution is 6.24. The zero-order valence-corrected chi connectivity index (χ0v) is 18.5. The maximum absolute atomic E-state index is 9.26. The Bertz CT molecular complexity index is 3180. The molecule has 1 heteroatoms. The van der Waals surface area contributed by atoms with Crippen LogP contribution >= 0.6 is 0 Å². The molecule has 0 saturated heterocycles. The van der Waals surface area contributed by atoms with Crippen LogP contribution in [0.15, 0.2) is 137 Å². The number of fused-ring (bicyclic) bond motifs is 6. The average molecular weight is 492 g/mol. The Morgan fingerprint density at radius 3 is 1.70 bits per heavy atom. The molecule has 0 bridgehead atoms. The minimum absolute atomic E-state index is 0.156. The van der Waals surface area contributed by atoms with E-state index in [1.165, 1.54) is 0 Å². The van der Waals surface area contributed by atoms with E-state index in [0.717, 1.165) is 6.07 Å². The molecule has 0 amide bonds. The van der Waals surface area contributed by atoms with E-state index in [-0.39, 0.29) is 21.5 Å². The van der Waals surface area contributed by atoms with Gasteiger partial charge in [0, 0.05) is 21.9 Å². The second-order valence-corrected chi connectivity index (χ2v) is 8.09. The molecule has 0 fully saturated rings. The molecule has 8 aromatic rings. The summed E-state index contributed by atoms with van der Waals surface area (Å²) in [6.45, 7) is 0. The molecule has 37 heavy (non-hydrogen) atoms. The molecule has 1 nitrogen and oxygen atoms in total. The molecule has 0 spiro atoms. The predicted molar refractivity (Wildman–Crippen MR) is 157 cm³/mol. The van der Waals surface area contributed by atoms with Crippen LogP contribution in [-0.2, 0) is 0 Å². The molecule has 0 N–H and O–H groups in total. The molecule has 0 aliphatic rings. The van der Waals surface area contributed by atoms with E-state index >= 15 is 0 Å². The molecule has 0 aliphatic heterocycles. The second-order valence-electron chi connectivity index (χ2n) is 8.09. The van der Waals surface area contributed by atoms with Gasteiger partial charge in [-0.15, -0.1) is 0 Å². The van der Waals surface area contributed by atoms with Crippen LogP contribution in [0, 0.1) is 0 Å². The SMILES string of the molecule is [2H]c1cc2c(oc3c([2H])c4c([2H])c([2H])c([2H])c([2H])c4c([2H])c32)c(-c2c3c([2H])c([2H])c([2H])c([2H])c3c(-c3c([2H])c([2H])c([2H])c([2H])c3[2H])c3c([2H])c([2H])c([2H])c([2H])c23)c1[2H]. The Balaban J connectivity index is 1.76. The molecule has 0 radical (unpaired) electrons. The van der Waals surface area contributed by atoms with Gasteiger partial charge in [0.05, 0.1) is 28.8 Å². The number of furan rings is 1. The first-order valence-corrected chi connectivity index (χ1v) is 11.0. The molecule has 0 aliphatic carbocycles. The summed E-state index contributed by atoms with van der Waals surface area (Å²) in [7, 11) is 0. The van der Waals surface area contributed by atoms with Gasteiger partial charge in [-0.1, -0.05) is 121 Å². The molecule has 172 valence electrons. The van der Waals surface area contributed by atoms with Gasteiger partial charge < -0.3 is 4.42 Å². The van der Waals surface area contributed by atoms with Crippen LogP contribution < -0.4 is 0 Å². The third kappa shape index (κ3) is 2.98. The van der Waals surface area contributed by atoms with Gasteiger partial charge >= 0.3 is 0 Å². The lowest BCUT2D eigenvalue weighted by Crippen LogP contribution is -1.90. The normalized spacial score (nSPS) is 19.7. The number of hydrogen-bond acceptors (Lipinski definition) is 1. The number of rotatable bonds is 2. The molecular formula is C36H22O. The fourth-order valence-electron chi connectivity index (χ4n) is 4.63. The van der Waals surface area contributed by atoms with Gasteiger partial charge in [-0.2, -0.15) is 0 Å². The molecule has 1 aromatic heterocycles. The van der Waals surface area contributed by atoms with Crippen LogP contribution in [-0.4, -0.2) is 0 Å². The molecule has 0 unspecified atom stereocenters. The lowest BCUT2D eigenvalue weighted by molar-refractivity contribution is 0.670. The summed E-state index contributed by atoms with van der Waals surface area (Å²) >= 11 is 0. The van der Waals surface area contributed by atoms with Crippen molar-refractivity contribution in [2.45, 2.75) is 0 Å². The van der Waals surface area contributed by atoms with Crippen molar-refractivity contribution in [2.75, 3.05) is 0 Å². The van der Waals surface area contributed by atoms with Crippen LogP contribution in [0.1, 0.15) is 28.8 Å². The Morgan fingerprint density at radius 1 is 0.459 bits per heavy atom. The Kier molecular flexibility index (Phi) is 1.82. The predicted octanol–water partition coefficient (Wildman–Crippen LogP) is 10.4. The van der Waals surface area contributed by atoms with Crippen molar-refractivity contribution < 1.29 is 33.2 Å². The summed E-state index contributed by atoms with van der Waals surface area (Å²) in [6, 6.07) is -15.1. The van der Waals surface area contributed by atoms with Crippen molar-refractivity contribution in [2.24, 2.45) is 0 Å². The molecule has 8 rings (SSSR count). The molecule has 0 saturated carbocycles. The van der Waals surface area contributed by atoms with Gasteiger partial charge in [-0.3, -0.25) is 0 Å². The van der Waals surface area contributed by atoms with E-state index in [1.807, 2.05) is 0 Å². The third-order valence-corrected chi connectivity index (χ3v) is 6.14. The minimum atomic E-state index is -0.865. The monoisotopic (exact) mass is 491 g/mol. The minimum Gasteiger partial charge on any atom is -0.455 e. The molecule has 1 heterocycles. The topological polar surface area (TPSA) is 13.1 Å².